The summed E-state index contributed by atoms with van der Waals surface area (Å²) in [4.78, 5) is 14.7. The number of β-lactam (4-membered cyclic amide) rings is 1. The summed E-state index contributed by atoms with van der Waals surface area (Å²) in [5.41, 5.74) is 3.22. The summed E-state index contributed by atoms with van der Waals surface area (Å²) >= 11 is 0. The van der Waals surface area contributed by atoms with E-state index in [4.69, 9.17) is 0 Å². The molecule has 0 radical (unpaired) electrons. The molecule has 1 saturated heterocycles. The van der Waals surface area contributed by atoms with E-state index in [1.54, 1.807) is 53.4 Å². The smallest absolute Gasteiger partial charge is 0.233 e. The van der Waals surface area contributed by atoms with Gasteiger partial charge in [0.1, 0.15) is 17.4 Å². The Morgan fingerprint density at radius 2 is 1.47 bits per heavy atom. The molecule has 5 heteroatoms. The van der Waals surface area contributed by atoms with E-state index in [9.17, 15) is 18.7 Å². The second kappa shape index (κ2) is 8.11. The van der Waals surface area contributed by atoms with Gasteiger partial charge in [-0.3, -0.25) is 4.79 Å². The number of halogens is 2. The molecule has 30 heavy (non-hydrogen) atoms. The van der Waals surface area contributed by atoms with Crippen LogP contribution in [-0.4, -0.2) is 11.0 Å². The third kappa shape index (κ3) is 3.83. The highest BCUT2D eigenvalue weighted by Crippen LogP contribution is 2.46. The molecule has 0 saturated carbocycles. The number of amides is 1. The van der Waals surface area contributed by atoms with Crippen molar-refractivity contribution < 1.29 is 18.7 Å². The summed E-state index contributed by atoms with van der Waals surface area (Å²) in [5.74, 6) is -0.814. The van der Waals surface area contributed by atoms with Crippen molar-refractivity contribution in [1.82, 2.24) is 0 Å². The molecular weight excluding hydrogens is 384 g/mol. The number of phenols is 1. The van der Waals surface area contributed by atoms with Crippen LogP contribution in [0.4, 0.5) is 14.5 Å². The van der Waals surface area contributed by atoms with Crippen LogP contribution in [0.1, 0.15) is 30.0 Å². The van der Waals surface area contributed by atoms with Crippen LogP contribution < -0.4 is 4.90 Å². The number of hydrogen-bond acceptors (Lipinski definition) is 2. The van der Waals surface area contributed by atoms with Gasteiger partial charge in [0.15, 0.2) is 0 Å². The van der Waals surface area contributed by atoms with E-state index in [1.165, 1.54) is 24.3 Å². The van der Waals surface area contributed by atoms with Gasteiger partial charge in [-0.1, -0.05) is 30.8 Å². The van der Waals surface area contributed by atoms with Gasteiger partial charge in [0.25, 0.3) is 0 Å². The lowest BCUT2D eigenvalue weighted by molar-refractivity contribution is -0.130. The van der Waals surface area contributed by atoms with Crippen molar-refractivity contribution in [3.63, 3.8) is 0 Å². The topological polar surface area (TPSA) is 40.5 Å². The molecule has 1 amide bonds. The SMILES string of the molecule is C=C(CC[C@H]1C(=O)N(c2ccc(F)cc2)[C@@H]1c1ccc(O)cc1)c1ccc(F)cc1. The maximum atomic E-state index is 13.3. The van der Waals surface area contributed by atoms with Gasteiger partial charge in [-0.2, -0.15) is 0 Å². The lowest BCUT2D eigenvalue weighted by Gasteiger charge is -2.47. The van der Waals surface area contributed by atoms with Gasteiger partial charge in [0, 0.05) is 5.69 Å². The zero-order chi connectivity index (χ0) is 21.3. The molecule has 0 spiro atoms. The molecule has 2 atom stereocenters. The normalized spacial score (nSPS) is 18.2. The molecule has 0 aromatic heterocycles. The van der Waals surface area contributed by atoms with Crippen LogP contribution in [0.3, 0.4) is 0 Å². The maximum absolute atomic E-state index is 13.3. The summed E-state index contributed by atoms with van der Waals surface area (Å²) in [6.07, 6.45) is 1.17. The van der Waals surface area contributed by atoms with E-state index in [2.05, 4.69) is 6.58 Å². The number of carbonyl (C=O) groups is 1. The fraction of sp³-hybridized carbons (Fsp3) is 0.160. The number of carbonyl (C=O) groups excluding carboxylic acids is 1. The molecule has 3 aromatic rings. The van der Waals surface area contributed by atoms with Crippen LogP contribution in [0.25, 0.3) is 5.57 Å². The minimum Gasteiger partial charge on any atom is -0.508 e. The molecule has 152 valence electrons. The van der Waals surface area contributed by atoms with Crippen LogP contribution in [0, 0.1) is 17.6 Å². The zero-order valence-corrected chi connectivity index (χ0v) is 16.3. The second-order valence-electron chi connectivity index (χ2n) is 7.48. The first-order valence-electron chi connectivity index (χ1n) is 9.75. The molecule has 0 aliphatic carbocycles. The summed E-state index contributed by atoms with van der Waals surface area (Å²) in [5, 5.41) is 9.62. The van der Waals surface area contributed by atoms with Gasteiger partial charge in [-0.25, -0.2) is 8.78 Å². The lowest BCUT2D eigenvalue weighted by Crippen LogP contribution is -2.55. The number of benzene rings is 3. The van der Waals surface area contributed by atoms with Crippen LogP contribution in [0.15, 0.2) is 79.4 Å². The van der Waals surface area contributed by atoms with E-state index >= 15 is 0 Å². The summed E-state index contributed by atoms with van der Waals surface area (Å²) in [6, 6.07) is 18.6. The highest BCUT2D eigenvalue weighted by molar-refractivity contribution is 6.03. The van der Waals surface area contributed by atoms with E-state index in [-0.39, 0.29) is 35.3 Å². The Bertz CT molecular complexity index is 1060. The fourth-order valence-electron chi connectivity index (χ4n) is 3.93. The average Bonchev–Trinajstić information content (AvgIpc) is 2.74. The Morgan fingerprint density at radius 1 is 0.900 bits per heavy atom. The van der Waals surface area contributed by atoms with Crippen molar-refractivity contribution in [2.24, 2.45) is 5.92 Å². The predicted molar refractivity (Wildman–Crippen MR) is 113 cm³/mol. The fourth-order valence-corrected chi connectivity index (χ4v) is 3.93. The molecule has 3 nitrogen and oxygen atoms in total. The molecule has 1 heterocycles. The number of hydrogen-bond donors (Lipinski definition) is 1. The number of rotatable bonds is 6. The molecule has 1 aliphatic rings. The first-order chi connectivity index (χ1) is 14.4. The second-order valence-corrected chi connectivity index (χ2v) is 7.48. The minimum atomic E-state index is -0.361. The highest BCUT2D eigenvalue weighted by atomic mass is 19.1. The first-order valence-corrected chi connectivity index (χ1v) is 9.75. The van der Waals surface area contributed by atoms with Crippen molar-refractivity contribution in [2.45, 2.75) is 18.9 Å². The summed E-state index contributed by atoms with van der Waals surface area (Å²) in [7, 11) is 0. The van der Waals surface area contributed by atoms with E-state index in [0.717, 1.165) is 16.7 Å². The van der Waals surface area contributed by atoms with E-state index in [0.29, 0.717) is 18.5 Å². The quantitative estimate of drug-likeness (QED) is 0.521. The largest absolute Gasteiger partial charge is 0.508 e. The van der Waals surface area contributed by atoms with Gasteiger partial charge in [0.05, 0.1) is 12.0 Å². The van der Waals surface area contributed by atoms with Crippen LogP contribution in [0.5, 0.6) is 5.75 Å². The number of nitrogens with zero attached hydrogens (tertiary/aromatic N) is 1. The molecule has 1 fully saturated rings. The lowest BCUT2D eigenvalue weighted by atomic mass is 9.78. The van der Waals surface area contributed by atoms with Crippen molar-refractivity contribution in [3.8, 4) is 5.75 Å². The molecule has 0 unspecified atom stereocenters. The third-order valence-corrected chi connectivity index (χ3v) is 5.56. The standard InChI is InChI=1S/C25H21F2NO2/c1-16(17-3-7-19(26)8-4-17)2-15-23-24(18-5-13-22(29)14-6-18)28(25(23)30)21-11-9-20(27)10-12-21/h3-14,23-24,29H,1-2,15H2/t23-,24-/m1/s1. The van der Waals surface area contributed by atoms with Crippen molar-refractivity contribution in [3.05, 3.63) is 102 Å². The van der Waals surface area contributed by atoms with Gasteiger partial charge >= 0.3 is 0 Å². The summed E-state index contributed by atoms with van der Waals surface area (Å²) < 4.78 is 26.5. The van der Waals surface area contributed by atoms with E-state index in [1.807, 2.05) is 0 Å². The molecule has 1 N–H and O–H groups in total. The van der Waals surface area contributed by atoms with Gasteiger partial charge in [0.2, 0.25) is 5.91 Å². The third-order valence-electron chi connectivity index (χ3n) is 5.56. The zero-order valence-electron chi connectivity index (χ0n) is 16.3. The highest BCUT2D eigenvalue weighted by Gasteiger charge is 2.48. The van der Waals surface area contributed by atoms with Gasteiger partial charge in [-0.05, 0) is 78.1 Å². The van der Waals surface area contributed by atoms with Crippen LogP contribution in [0.2, 0.25) is 0 Å². The number of anilines is 1. The van der Waals surface area contributed by atoms with Crippen LogP contribution >= 0.6 is 0 Å². The van der Waals surface area contributed by atoms with Gasteiger partial charge < -0.3 is 10.0 Å². The molecule has 1 aliphatic heterocycles. The molecule has 3 aromatic carbocycles. The van der Waals surface area contributed by atoms with Crippen LogP contribution in [-0.2, 0) is 4.79 Å². The Labute approximate surface area is 173 Å². The number of allylic oxidation sites excluding steroid dienone is 1. The predicted octanol–water partition coefficient (Wildman–Crippen LogP) is 5.87. The number of phenolic OH excluding ortho intramolecular Hbond substituents is 1. The van der Waals surface area contributed by atoms with Crippen molar-refractivity contribution in [2.75, 3.05) is 4.90 Å². The Morgan fingerprint density at radius 3 is 2.07 bits per heavy atom. The average molecular weight is 405 g/mol. The monoisotopic (exact) mass is 405 g/mol. The molecule has 0 bridgehead atoms. The molecular formula is C25H21F2NO2. The molecule has 4 rings (SSSR count). The van der Waals surface area contributed by atoms with E-state index < -0.39 is 0 Å². The first kappa shape index (κ1) is 19.8. The maximum Gasteiger partial charge on any atom is 0.233 e. The minimum absolute atomic E-state index is 0.0356. The van der Waals surface area contributed by atoms with Crippen molar-refractivity contribution >= 4 is 17.2 Å². The Hall–Kier alpha value is -3.47. The van der Waals surface area contributed by atoms with Crippen molar-refractivity contribution in [1.29, 1.82) is 0 Å². The Kier molecular flexibility index (Phi) is 5.36. The Balaban J connectivity index is 1.55. The van der Waals surface area contributed by atoms with Gasteiger partial charge in [-0.15, -0.1) is 0 Å². The summed E-state index contributed by atoms with van der Waals surface area (Å²) in [6.45, 7) is 4.08. The number of aromatic hydroxyl groups is 1.